The van der Waals surface area contributed by atoms with E-state index in [0.29, 0.717) is 73.4 Å². The number of carbonyl (C=O) groups is 3. The van der Waals surface area contributed by atoms with Gasteiger partial charge in [-0.15, -0.1) is 13.2 Å². The summed E-state index contributed by atoms with van der Waals surface area (Å²) >= 11 is 6.59. The highest BCUT2D eigenvalue weighted by molar-refractivity contribution is 6.35. The van der Waals surface area contributed by atoms with E-state index in [4.69, 9.17) is 21.1 Å². The molecule has 4 heterocycles. The number of likely N-dealkylation sites (tertiary alicyclic amines) is 1. The number of amides is 3. The number of nitrogens with zero attached hydrogens (tertiary/aromatic N) is 5. The highest BCUT2D eigenvalue weighted by Crippen LogP contribution is 2.40. The van der Waals surface area contributed by atoms with Gasteiger partial charge in [0.1, 0.15) is 17.4 Å². The molecule has 6 rings (SSSR count). The monoisotopic (exact) mass is 912 g/mol. The van der Waals surface area contributed by atoms with Gasteiger partial charge in [-0.1, -0.05) is 70.5 Å². The average Bonchev–Trinajstić information content (AvgIpc) is 3.90. The van der Waals surface area contributed by atoms with Crippen LogP contribution in [0, 0.1) is 17.3 Å². The molecule has 2 aliphatic rings. The lowest BCUT2D eigenvalue weighted by Gasteiger charge is -2.42. The Morgan fingerprint density at radius 2 is 1.69 bits per heavy atom. The van der Waals surface area contributed by atoms with E-state index in [0.717, 1.165) is 6.07 Å². The molecule has 4 N–H and O–H groups in total. The molecule has 346 valence electrons. The number of hydrogen-bond donors (Lipinski definition) is 4. The first kappa shape index (κ1) is 48.2. The summed E-state index contributed by atoms with van der Waals surface area (Å²) in [6.45, 7) is 13.9. The average molecular weight is 913 g/mol. The number of aliphatic hydroxyl groups excluding tert-OH is 1. The van der Waals surface area contributed by atoms with Crippen LogP contribution in [0.5, 0.6) is 5.75 Å². The summed E-state index contributed by atoms with van der Waals surface area (Å²) in [6, 6.07) is 11.0. The number of alkyl halides is 3. The normalized spacial score (nSPS) is 19.2. The molecule has 64 heavy (non-hydrogen) atoms. The Kier molecular flexibility index (Phi) is 15.0. The number of halogens is 4. The van der Waals surface area contributed by atoms with Crippen LogP contribution >= 0.6 is 11.6 Å². The van der Waals surface area contributed by atoms with Gasteiger partial charge in [0.2, 0.25) is 18.2 Å². The zero-order chi connectivity index (χ0) is 46.7. The number of aromatic nitrogens is 3. The second-order valence-corrected chi connectivity index (χ2v) is 18.0. The van der Waals surface area contributed by atoms with Crippen LogP contribution in [0.4, 0.5) is 24.7 Å². The Hall–Kier alpha value is -5.27. The van der Waals surface area contributed by atoms with Crippen LogP contribution in [-0.4, -0.2) is 119 Å². The molecule has 5 atom stereocenters. The van der Waals surface area contributed by atoms with Gasteiger partial charge < -0.3 is 44.3 Å². The minimum absolute atomic E-state index is 0.00337. The molecule has 4 aromatic rings. The van der Waals surface area contributed by atoms with Crippen molar-refractivity contribution in [3.63, 3.8) is 0 Å². The molecule has 15 nitrogen and oxygen atoms in total. The number of methoxy groups -OCH3 is 2. The Morgan fingerprint density at radius 1 is 0.984 bits per heavy atom. The van der Waals surface area contributed by atoms with Gasteiger partial charge in [0, 0.05) is 63.3 Å². The fraction of sp³-hybridized carbons (Fsp3) is 0.489. The van der Waals surface area contributed by atoms with Crippen LogP contribution in [-0.2, 0) is 19.1 Å². The number of piperazine rings is 1. The molecule has 2 aromatic carbocycles. The van der Waals surface area contributed by atoms with E-state index in [1.807, 2.05) is 46.4 Å². The van der Waals surface area contributed by atoms with E-state index >= 15 is 0 Å². The van der Waals surface area contributed by atoms with Gasteiger partial charge in [-0.05, 0) is 54.7 Å². The molecule has 2 aromatic heterocycles. The lowest BCUT2D eigenvalue weighted by Crippen LogP contribution is -2.56. The van der Waals surface area contributed by atoms with E-state index < -0.39 is 41.9 Å². The van der Waals surface area contributed by atoms with Gasteiger partial charge in [-0.2, -0.15) is 0 Å². The lowest BCUT2D eigenvalue weighted by molar-refractivity contribution is -0.274. The second-order valence-electron chi connectivity index (χ2n) is 17.6. The number of ether oxygens (including phenoxy) is 3. The predicted molar refractivity (Wildman–Crippen MR) is 235 cm³/mol. The number of nitrogens with one attached hydrogen (secondary N) is 3. The van der Waals surface area contributed by atoms with Crippen molar-refractivity contribution >= 4 is 40.8 Å². The first-order valence-electron chi connectivity index (χ1n) is 21.0. The first-order chi connectivity index (χ1) is 30.2. The molecular weight excluding hydrogens is 857 g/mol. The van der Waals surface area contributed by atoms with Crippen molar-refractivity contribution in [2.45, 2.75) is 78.9 Å². The van der Waals surface area contributed by atoms with Gasteiger partial charge >= 0.3 is 6.36 Å². The van der Waals surface area contributed by atoms with E-state index in [-0.39, 0.29) is 45.8 Å². The van der Waals surface area contributed by atoms with Crippen molar-refractivity contribution in [2.24, 2.45) is 17.3 Å². The summed E-state index contributed by atoms with van der Waals surface area (Å²) < 4.78 is 56.3. The Morgan fingerprint density at radius 3 is 2.28 bits per heavy atom. The quantitative estimate of drug-likeness (QED) is 0.0951. The molecule has 3 amide bonds. The van der Waals surface area contributed by atoms with Gasteiger partial charge in [0.25, 0.3) is 5.91 Å². The summed E-state index contributed by atoms with van der Waals surface area (Å²) in [5.74, 6) is -0.514. The third-order valence-electron chi connectivity index (χ3n) is 11.4. The number of anilines is 2. The maximum absolute atomic E-state index is 13.9. The van der Waals surface area contributed by atoms with Crippen LogP contribution in [0.25, 0.3) is 22.4 Å². The standard InChI is InChI=1S/C45H56ClF3N8O7/c1-25(2)38(54-43(61)63-8)41(59)57-23-27(24-62-7)17-35(57)39-51-21-34(53-39)29-11-9-28(10-12-29)31-18-33(46)32(19-36(31)64-45(47,48)49)40(58)52-30-13-14-37(50-20-30)56-16-15-55(22-26(56)3)42(60)44(4,5)6/h9-14,18-21,25-27,35,38,43,54,61H,15-17,22-24H2,1-8H3,(H,51,53)(H,52,58)/t26-,27+,35+,38+,43?/m1/s1. The van der Waals surface area contributed by atoms with Crippen LogP contribution in [0.3, 0.4) is 0 Å². The summed E-state index contributed by atoms with van der Waals surface area (Å²) in [7, 11) is 2.93. The number of aromatic amines is 1. The number of H-pyrrole nitrogens is 1. The van der Waals surface area contributed by atoms with Gasteiger partial charge in [-0.3, -0.25) is 19.7 Å². The van der Waals surface area contributed by atoms with E-state index in [1.54, 1.807) is 54.6 Å². The lowest BCUT2D eigenvalue weighted by atomic mass is 9.94. The van der Waals surface area contributed by atoms with Crippen molar-refractivity contribution in [3.8, 4) is 28.1 Å². The van der Waals surface area contributed by atoms with Crippen molar-refractivity contribution in [1.29, 1.82) is 0 Å². The van der Waals surface area contributed by atoms with Crippen LogP contribution in [0.1, 0.15) is 70.2 Å². The molecule has 0 spiro atoms. The number of benzene rings is 2. The van der Waals surface area contributed by atoms with Crippen molar-refractivity contribution in [1.82, 2.24) is 30.1 Å². The van der Waals surface area contributed by atoms with Crippen molar-refractivity contribution in [2.75, 3.05) is 57.2 Å². The third kappa shape index (κ3) is 11.3. The Labute approximate surface area is 375 Å². The molecule has 0 aliphatic carbocycles. The number of hydrogen-bond acceptors (Lipinski definition) is 11. The molecule has 2 aliphatic heterocycles. The Balaban J connectivity index is 1.18. The summed E-state index contributed by atoms with van der Waals surface area (Å²) in [5.41, 5.74) is 1.13. The Bertz CT molecular complexity index is 2270. The predicted octanol–water partition coefficient (Wildman–Crippen LogP) is 7.10. The molecule has 2 fully saturated rings. The SMILES string of the molecule is COC[C@H]1C[C@@H](c2ncc(-c3ccc(-c4cc(Cl)c(C(=O)Nc5ccc(N6CCN(C(=O)C(C)(C)C)C[C@H]6C)nc5)cc4OC(F)(F)F)cc3)[nH]2)N(C(=O)[C@@H](NC(O)OC)C(C)C)C1. The van der Waals surface area contributed by atoms with Crippen molar-refractivity contribution in [3.05, 3.63) is 77.3 Å². The summed E-state index contributed by atoms with van der Waals surface area (Å²) in [5, 5.41) is 15.5. The van der Waals surface area contributed by atoms with Crippen molar-refractivity contribution < 1.29 is 46.9 Å². The molecule has 1 unspecified atom stereocenters. The largest absolute Gasteiger partial charge is 0.573 e. The summed E-state index contributed by atoms with van der Waals surface area (Å²) in [4.78, 5) is 58.3. The maximum Gasteiger partial charge on any atom is 0.573 e. The maximum atomic E-state index is 13.9. The molecule has 0 saturated carbocycles. The fourth-order valence-electron chi connectivity index (χ4n) is 8.16. The smallest absolute Gasteiger partial charge is 0.405 e. The number of imidazole rings is 1. The minimum Gasteiger partial charge on any atom is -0.405 e. The van der Waals surface area contributed by atoms with Crippen LogP contribution in [0.15, 0.2) is 60.9 Å². The van der Waals surface area contributed by atoms with E-state index in [9.17, 15) is 32.7 Å². The van der Waals surface area contributed by atoms with Crippen LogP contribution in [0.2, 0.25) is 5.02 Å². The third-order valence-corrected chi connectivity index (χ3v) is 11.7. The summed E-state index contributed by atoms with van der Waals surface area (Å²) in [6.07, 6.45) is -2.78. The fourth-order valence-corrected chi connectivity index (χ4v) is 8.41. The van der Waals surface area contributed by atoms with E-state index in [2.05, 4.69) is 35.2 Å². The zero-order valence-corrected chi connectivity index (χ0v) is 37.9. The number of pyridine rings is 1. The minimum atomic E-state index is -5.09. The van der Waals surface area contributed by atoms with Gasteiger partial charge in [0.15, 0.2) is 0 Å². The molecule has 0 radical (unpaired) electrons. The number of carbonyl (C=O) groups excluding carboxylic acids is 3. The number of rotatable bonds is 14. The first-order valence-corrected chi connectivity index (χ1v) is 21.4. The molecule has 2 saturated heterocycles. The number of aliphatic hydroxyl groups is 1. The zero-order valence-electron chi connectivity index (χ0n) is 37.1. The molecule has 0 bridgehead atoms. The second kappa shape index (κ2) is 19.9. The topological polar surface area (TPSA) is 174 Å². The van der Waals surface area contributed by atoms with E-state index in [1.165, 1.54) is 19.4 Å². The van der Waals surface area contributed by atoms with Crippen LogP contribution < -0.4 is 20.3 Å². The molecule has 19 heteroatoms. The van der Waals surface area contributed by atoms with Gasteiger partial charge in [0.05, 0.1) is 53.1 Å². The molecular formula is C45H56ClF3N8O7. The highest BCUT2D eigenvalue weighted by Gasteiger charge is 2.41. The van der Waals surface area contributed by atoms with Gasteiger partial charge in [-0.25, -0.2) is 9.97 Å². The highest BCUT2D eigenvalue weighted by atomic mass is 35.5.